The number of carbonyl (C=O) groups is 1. The van der Waals surface area contributed by atoms with Crippen LogP contribution in [0.4, 0.5) is 0 Å². The van der Waals surface area contributed by atoms with Crippen LogP contribution >= 0.6 is 11.8 Å². The summed E-state index contributed by atoms with van der Waals surface area (Å²) in [6.07, 6.45) is 5.35. The molecule has 0 aliphatic carbocycles. The zero-order valence-electron chi connectivity index (χ0n) is 13.4. The van der Waals surface area contributed by atoms with Gasteiger partial charge in [0.25, 0.3) is 0 Å². The van der Waals surface area contributed by atoms with Crippen LogP contribution in [0.1, 0.15) is 25.0 Å². The van der Waals surface area contributed by atoms with Gasteiger partial charge in [0, 0.05) is 37.0 Å². The topological polar surface area (TPSA) is 64.1 Å². The third-order valence-corrected chi connectivity index (χ3v) is 3.90. The van der Waals surface area contributed by atoms with E-state index in [1.807, 2.05) is 38.1 Å². The molecular formula is C17H21N3O2S. The van der Waals surface area contributed by atoms with Crippen molar-refractivity contribution in [2.45, 2.75) is 32.2 Å². The van der Waals surface area contributed by atoms with Gasteiger partial charge in [-0.25, -0.2) is 4.98 Å². The van der Waals surface area contributed by atoms with Gasteiger partial charge in [-0.3, -0.25) is 9.78 Å². The molecule has 6 heteroatoms. The van der Waals surface area contributed by atoms with Gasteiger partial charge in [0.05, 0.1) is 11.9 Å². The average Bonchev–Trinajstić information content (AvgIpc) is 2.55. The van der Waals surface area contributed by atoms with Crippen molar-refractivity contribution in [1.82, 2.24) is 15.3 Å². The smallest absolute Gasteiger partial charge is 0.230 e. The van der Waals surface area contributed by atoms with E-state index in [0.717, 1.165) is 11.3 Å². The minimum Gasteiger partial charge on any atom is -0.475 e. The van der Waals surface area contributed by atoms with Gasteiger partial charge in [0.2, 0.25) is 11.8 Å². The summed E-state index contributed by atoms with van der Waals surface area (Å²) < 4.78 is 5.48. The lowest BCUT2D eigenvalue weighted by Gasteiger charge is -2.09. The molecule has 0 bridgehead atoms. The van der Waals surface area contributed by atoms with E-state index in [-0.39, 0.29) is 12.0 Å². The maximum atomic E-state index is 11.8. The van der Waals surface area contributed by atoms with Crippen LogP contribution in [0.5, 0.6) is 5.88 Å². The van der Waals surface area contributed by atoms with Crippen LogP contribution in [0.15, 0.2) is 42.9 Å². The van der Waals surface area contributed by atoms with Crippen molar-refractivity contribution in [2.24, 2.45) is 0 Å². The normalized spacial score (nSPS) is 10.6. The molecule has 2 aromatic rings. The van der Waals surface area contributed by atoms with Gasteiger partial charge in [-0.2, -0.15) is 0 Å². The monoisotopic (exact) mass is 331 g/mol. The average molecular weight is 331 g/mol. The molecule has 0 saturated heterocycles. The maximum Gasteiger partial charge on any atom is 0.230 e. The number of carbonyl (C=O) groups excluding carboxylic acids is 1. The van der Waals surface area contributed by atoms with Crippen molar-refractivity contribution in [3.05, 3.63) is 54.0 Å². The van der Waals surface area contributed by atoms with Gasteiger partial charge in [0.1, 0.15) is 0 Å². The summed E-state index contributed by atoms with van der Waals surface area (Å²) in [5.74, 6) is 1.86. The van der Waals surface area contributed by atoms with Crippen LogP contribution in [-0.2, 0) is 17.1 Å². The number of ether oxygens (including phenoxy) is 1. The second-order valence-electron chi connectivity index (χ2n) is 5.30. The Bertz CT molecular complexity index is 603. The molecule has 1 amide bonds. The highest BCUT2D eigenvalue weighted by Crippen LogP contribution is 2.11. The fourth-order valence-corrected chi connectivity index (χ4v) is 2.64. The van der Waals surface area contributed by atoms with Gasteiger partial charge in [0.15, 0.2) is 0 Å². The molecule has 5 nitrogen and oxygen atoms in total. The molecule has 0 atom stereocenters. The van der Waals surface area contributed by atoms with Crippen molar-refractivity contribution in [3.63, 3.8) is 0 Å². The Kier molecular flexibility index (Phi) is 6.87. The first-order valence-electron chi connectivity index (χ1n) is 7.48. The van der Waals surface area contributed by atoms with E-state index in [4.69, 9.17) is 4.74 Å². The predicted octanol–water partition coefficient (Wildman–Crippen LogP) is 2.81. The number of pyridine rings is 2. The summed E-state index contributed by atoms with van der Waals surface area (Å²) in [4.78, 5) is 20.0. The molecule has 0 saturated carbocycles. The molecule has 23 heavy (non-hydrogen) atoms. The highest BCUT2D eigenvalue weighted by Gasteiger charge is 2.04. The van der Waals surface area contributed by atoms with Crippen LogP contribution in [0.25, 0.3) is 0 Å². The molecule has 0 aliphatic rings. The van der Waals surface area contributed by atoms with Crippen molar-refractivity contribution in [2.75, 3.05) is 5.75 Å². The van der Waals surface area contributed by atoms with E-state index < -0.39 is 0 Å². The van der Waals surface area contributed by atoms with Gasteiger partial charge in [-0.1, -0.05) is 6.07 Å². The fourth-order valence-electron chi connectivity index (χ4n) is 1.82. The minimum absolute atomic E-state index is 0.0200. The summed E-state index contributed by atoms with van der Waals surface area (Å²) in [5, 5.41) is 2.89. The largest absolute Gasteiger partial charge is 0.475 e. The third-order valence-electron chi connectivity index (χ3n) is 2.89. The number of nitrogens with one attached hydrogen (secondary N) is 1. The number of thioether (sulfide) groups is 1. The third kappa shape index (κ3) is 6.69. The first-order chi connectivity index (χ1) is 11.1. The number of nitrogens with zero attached hydrogens (tertiary/aromatic N) is 2. The van der Waals surface area contributed by atoms with E-state index >= 15 is 0 Å². The Morgan fingerprint density at radius 2 is 2.00 bits per heavy atom. The molecule has 2 aromatic heterocycles. The quantitative estimate of drug-likeness (QED) is 0.806. The first kappa shape index (κ1) is 17.3. The molecule has 0 unspecified atom stereocenters. The highest BCUT2D eigenvalue weighted by atomic mass is 32.2. The van der Waals surface area contributed by atoms with Crippen molar-refractivity contribution in [3.8, 4) is 5.88 Å². The van der Waals surface area contributed by atoms with Crippen LogP contribution in [-0.4, -0.2) is 27.7 Å². The molecule has 0 radical (unpaired) electrons. The number of amides is 1. The van der Waals surface area contributed by atoms with Gasteiger partial charge in [-0.05, 0) is 37.1 Å². The molecule has 2 rings (SSSR count). The molecule has 2 heterocycles. The number of rotatable bonds is 8. The molecule has 0 fully saturated rings. The Morgan fingerprint density at radius 1 is 1.22 bits per heavy atom. The van der Waals surface area contributed by atoms with Crippen LogP contribution < -0.4 is 10.1 Å². The summed E-state index contributed by atoms with van der Waals surface area (Å²) in [6, 6.07) is 7.64. The van der Waals surface area contributed by atoms with Crippen molar-refractivity contribution < 1.29 is 9.53 Å². The summed E-state index contributed by atoms with van der Waals surface area (Å²) in [5.41, 5.74) is 2.12. The van der Waals surface area contributed by atoms with Gasteiger partial charge >= 0.3 is 0 Å². The molecule has 0 aromatic carbocycles. The van der Waals surface area contributed by atoms with Gasteiger partial charge in [-0.15, -0.1) is 11.8 Å². The second kappa shape index (κ2) is 9.15. The zero-order valence-corrected chi connectivity index (χ0v) is 14.2. The van der Waals surface area contributed by atoms with Gasteiger partial charge < -0.3 is 10.1 Å². The van der Waals surface area contributed by atoms with Crippen molar-refractivity contribution >= 4 is 17.7 Å². The Labute approximate surface area is 140 Å². The number of aromatic nitrogens is 2. The fraction of sp³-hybridized carbons (Fsp3) is 0.353. The lowest BCUT2D eigenvalue weighted by molar-refractivity contribution is -0.118. The summed E-state index contributed by atoms with van der Waals surface area (Å²) >= 11 is 1.58. The van der Waals surface area contributed by atoms with E-state index in [2.05, 4.69) is 15.3 Å². The van der Waals surface area contributed by atoms with E-state index in [1.54, 1.807) is 30.4 Å². The van der Waals surface area contributed by atoms with E-state index in [9.17, 15) is 4.79 Å². The maximum absolute atomic E-state index is 11.8. The zero-order chi connectivity index (χ0) is 16.5. The Hall–Kier alpha value is -2.08. The SMILES string of the molecule is CC(C)Oc1ccc(CNC(=O)CSCc2ccncc2)cn1. The van der Waals surface area contributed by atoms with Crippen LogP contribution in [0.3, 0.4) is 0 Å². The van der Waals surface area contributed by atoms with Crippen LogP contribution in [0.2, 0.25) is 0 Å². The number of hydrogen-bond acceptors (Lipinski definition) is 5. The second-order valence-corrected chi connectivity index (χ2v) is 6.28. The molecule has 1 N–H and O–H groups in total. The lowest BCUT2D eigenvalue weighted by atomic mass is 10.3. The van der Waals surface area contributed by atoms with E-state index in [0.29, 0.717) is 18.2 Å². The highest BCUT2D eigenvalue weighted by molar-refractivity contribution is 7.99. The summed E-state index contributed by atoms with van der Waals surface area (Å²) in [6.45, 7) is 4.39. The Balaban J connectivity index is 1.67. The number of hydrogen-bond donors (Lipinski definition) is 1. The lowest BCUT2D eigenvalue weighted by Crippen LogP contribution is -2.24. The predicted molar refractivity (Wildman–Crippen MR) is 92.2 cm³/mol. The van der Waals surface area contributed by atoms with Crippen molar-refractivity contribution in [1.29, 1.82) is 0 Å². The standard InChI is InChI=1S/C17H21N3O2S/c1-13(2)22-17-4-3-15(10-20-17)9-19-16(21)12-23-11-14-5-7-18-8-6-14/h3-8,10,13H,9,11-12H2,1-2H3,(H,19,21). The Morgan fingerprint density at radius 3 is 2.65 bits per heavy atom. The summed E-state index contributed by atoms with van der Waals surface area (Å²) in [7, 11) is 0. The molecule has 0 spiro atoms. The molecule has 0 aliphatic heterocycles. The minimum atomic E-state index is 0.0200. The first-order valence-corrected chi connectivity index (χ1v) is 8.64. The van der Waals surface area contributed by atoms with Crippen LogP contribution in [0, 0.1) is 0 Å². The van der Waals surface area contributed by atoms with E-state index in [1.165, 1.54) is 5.56 Å². The molecular weight excluding hydrogens is 310 g/mol. The molecule has 122 valence electrons.